The number of imidazole rings is 1. The van der Waals surface area contributed by atoms with Crippen LogP contribution in [0.5, 0.6) is 0 Å². The maximum Gasteiger partial charge on any atom is 0.211 e. The van der Waals surface area contributed by atoms with Crippen LogP contribution in [0.25, 0.3) is 11.2 Å². The molecule has 1 aromatic carbocycles. The van der Waals surface area contributed by atoms with Crippen molar-refractivity contribution in [1.82, 2.24) is 24.4 Å². The molecule has 0 unspecified atom stereocenters. The molecule has 2 N–H and O–H groups in total. The van der Waals surface area contributed by atoms with Crippen molar-refractivity contribution in [2.75, 3.05) is 19.0 Å². The number of hydrogen-bond donors (Lipinski definition) is 2. The van der Waals surface area contributed by atoms with E-state index >= 15 is 0 Å². The van der Waals surface area contributed by atoms with Crippen LogP contribution in [-0.4, -0.2) is 67.5 Å². The lowest BCUT2D eigenvalue weighted by atomic mass is 10.1. The van der Waals surface area contributed by atoms with E-state index in [1.54, 1.807) is 17.9 Å². The summed E-state index contributed by atoms with van der Waals surface area (Å²) >= 11 is 2.28. The van der Waals surface area contributed by atoms with Gasteiger partial charge in [0.05, 0.1) is 12.9 Å². The summed E-state index contributed by atoms with van der Waals surface area (Å²) in [6.07, 6.45) is 1.39. The molecule has 0 spiro atoms. The Balaban J connectivity index is 1.44. The lowest BCUT2D eigenvalue weighted by molar-refractivity contribution is -0.222. The van der Waals surface area contributed by atoms with Crippen molar-refractivity contribution < 1.29 is 19.4 Å². The zero-order chi connectivity index (χ0) is 20.9. The van der Waals surface area contributed by atoms with Crippen LogP contribution >= 0.6 is 22.6 Å². The third-order valence-electron chi connectivity index (χ3n) is 5.60. The van der Waals surface area contributed by atoms with Gasteiger partial charge < -0.3 is 24.8 Å². The Morgan fingerprint density at radius 2 is 2.30 bits per heavy atom. The van der Waals surface area contributed by atoms with Crippen molar-refractivity contribution in [3.8, 4) is 0 Å². The minimum Gasteiger partial charge on any atom is -0.385 e. The van der Waals surface area contributed by atoms with Gasteiger partial charge in [0.2, 0.25) is 6.41 Å². The molecule has 10 nitrogen and oxygen atoms in total. The molecule has 5 rings (SSSR count). The highest BCUT2D eigenvalue weighted by atomic mass is 127. The molecule has 30 heavy (non-hydrogen) atoms. The molecule has 0 radical (unpaired) electrons. The molecular formula is C19H19IN6O4. The lowest BCUT2D eigenvalue weighted by Crippen LogP contribution is -2.53. The molecule has 0 aliphatic carbocycles. The van der Waals surface area contributed by atoms with Crippen molar-refractivity contribution in [3.05, 3.63) is 46.1 Å². The number of carbonyl (C=O) groups is 1. The molecule has 1 amide bonds. The third kappa shape index (κ3) is 2.95. The van der Waals surface area contributed by atoms with E-state index in [9.17, 15) is 9.90 Å². The number of halogens is 1. The highest BCUT2D eigenvalue weighted by Gasteiger charge is 2.64. The third-order valence-corrected chi connectivity index (χ3v) is 6.27. The fourth-order valence-corrected chi connectivity index (χ4v) is 4.57. The molecule has 4 heterocycles. The molecule has 0 saturated carbocycles. The number of rotatable bonds is 6. The summed E-state index contributed by atoms with van der Waals surface area (Å²) in [6.45, 7) is 0.697. The number of benzene rings is 1. The summed E-state index contributed by atoms with van der Waals surface area (Å²) in [7, 11) is 1.56. The van der Waals surface area contributed by atoms with Crippen LogP contribution < -0.4 is 5.32 Å². The molecule has 2 saturated heterocycles. The standard InChI is InChI=1S/C19H19IN6O4/c1-25(10-27)19-7-29-14(15(19)28)18(30-19)26-9-24-13-16(22-8-23-17(13)26)21-6-11-3-2-4-12(20)5-11/h2-5,8-10,14-15,18,28H,6-7H2,1H3,(H,21,22,23)/t14-,15-,18-,19-/m1/s1. The number of likely N-dealkylation sites (N-methyl/N-ethyl adjacent to an activating group) is 1. The van der Waals surface area contributed by atoms with Crippen LogP contribution in [0.2, 0.25) is 0 Å². The minimum atomic E-state index is -1.22. The second-order valence-corrected chi connectivity index (χ2v) is 8.57. The number of amides is 1. The second-order valence-electron chi connectivity index (χ2n) is 7.32. The number of nitrogens with zero attached hydrogens (tertiary/aromatic N) is 5. The van der Waals surface area contributed by atoms with Crippen LogP contribution in [-0.2, 0) is 20.8 Å². The number of aromatic nitrogens is 4. The largest absolute Gasteiger partial charge is 0.385 e. The Hall–Kier alpha value is -2.35. The van der Waals surface area contributed by atoms with E-state index in [1.165, 1.54) is 11.2 Å². The van der Waals surface area contributed by atoms with Gasteiger partial charge in [-0.2, -0.15) is 0 Å². The highest BCUT2D eigenvalue weighted by Crippen LogP contribution is 2.46. The second kappa shape index (κ2) is 7.41. The van der Waals surface area contributed by atoms with E-state index < -0.39 is 24.2 Å². The van der Waals surface area contributed by atoms with E-state index in [0.717, 1.165) is 9.13 Å². The lowest BCUT2D eigenvalue weighted by Gasteiger charge is -2.36. The summed E-state index contributed by atoms with van der Waals surface area (Å²) in [4.78, 5) is 25.8. The van der Waals surface area contributed by atoms with E-state index in [4.69, 9.17) is 9.47 Å². The van der Waals surface area contributed by atoms with Gasteiger partial charge in [-0.1, -0.05) is 12.1 Å². The van der Waals surface area contributed by atoms with Crippen molar-refractivity contribution in [2.24, 2.45) is 0 Å². The van der Waals surface area contributed by atoms with E-state index in [2.05, 4.69) is 48.9 Å². The quantitative estimate of drug-likeness (QED) is 0.366. The molecule has 2 aromatic heterocycles. The van der Waals surface area contributed by atoms with Gasteiger partial charge in [0.1, 0.15) is 18.5 Å². The summed E-state index contributed by atoms with van der Waals surface area (Å²) in [5.41, 5.74) is 1.04. The van der Waals surface area contributed by atoms with Crippen molar-refractivity contribution in [2.45, 2.75) is 30.7 Å². The number of aliphatic hydroxyl groups excluding tert-OH is 1. The predicted molar refractivity (Wildman–Crippen MR) is 114 cm³/mol. The average Bonchev–Trinajstić information content (AvgIpc) is 3.42. The molecule has 2 fully saturated rings. The minimum absolute atomic E-state index is 0.106. The van der Waals surface area contributed by atoms with Crippen LogP contribution in [0.3, 0.4) is 0 Å². The van der Waals surface area contributed by atoms with Crippen molar-refractivity contribution in [1.29, 1.82) is 0 Å². The van der Waals surface area contributed by atoms with Crippen molar-refractivity contribution in [3.63, 3.8) is 0 Å². The van der Waals surface area contributed by atoms with Gasteiger partial charge in [-0.15, -0.1) is 0 Å². The Bertz CT molecular complexity index is 1110. The Morgan fingerprint density at radius 1 is 1.43 bits per heavy atom. The number of aliphatic hydroxyl groups is 1. The molecule has 2 aliphatic rings. The van der Waals surface area contributed by atoms with Gasteiger partial charge in [-0.25, -0.2) is 15.0 Å². The van der Waals surface area contributed by atoms with Gasteiger partial charge in [0.15, 0.2) is 28.9 Å². The monoisotopic (exact) mass is 522 g/mol. The number of hydrogen-bond acceptors (Lipinski definition) is 8. The molecule has 11 heteroatoms. The number of anilines is 1. The molecular weight excluding hydrogens is 503 g/mol. The van der Waals surface area contributed by atoms with Gasteiger partial charge in [-0.05, 0) is 40.3 Å². The van der Waals surface area contributed by atoms with Gasteiger partial charge in [0.25, 0.3) is 0 Å². The number of fused-ring (bicyclic) bond motifs is 3. The Morgan fingerprint density at radius 3 is 3.10 bits per heavy atom. The maximum atomic E-state index is 11.3. The summed E-state index contributed by atoms with van der Waals surface area (Å²) in [5.74, 6) is 0.599. The predicted octanol–water partition coefficient (Wildman–Crippen LogP) is 1.12. The van der Waals surface area contributed by atoms with E-state index in [0.29, 0.717) is 29.9 Å². The van der Waals surface area contributed by atoms with E-state index in [1.807, 2.05) is 18.2 Å². The summed E-state index contributed by atoms with van der Waals surface area (Å²) in [6, 6.07) is 8.18. The number of nitrogens with one attached hydrogen (secondary N) is 1. The summed E-state index contributed by atoms with van der Waals surface area (Å²) in [5, 5.41) is 14.0. The van der Waals surface area contributed by atoms with Crippen LogP contribution in [0.4, 0.5) is 5.82 Å². The zero-order valence-corrected chi connectivity index (χ0v) is 18.1. The van der Waals surface area contributed by atoms with Gasteiger partial charge >= 0.3 is 0 Å². The molecule has 2 bridgehead atoms. The smallest absolute Gasteiger partial charge is 0.211 e. The molecule has 156 valence electrons. The fraction of sp³-hybridized carbons (Fsp3) is 0.368. The van der Waals surface area contributed by atoms with Gasteiger partial charge in [0, 0.05) is 17.2 Å². The molecule has 3 aromatic rings. The average molecular weight is 522 g/mol. The summed E-state index contributed by atoms with van der Waals surface area (Å²) < 4.78 is 14.7. The zero-order valence-electron chi connectivity index (χ0n) is 16.0. The number of carbonyl (C=O) groups excluding carboxylic acids is 1. The number of ether oxygens (including phenoxy) is 2. The first kappa shape index (κ1) is 19.6. The molecule has 2 aliphatic heterocycles. The fourth-order valence-electron chi connectivity index (χ4n) is 3.97. The van der Waals surface area contributed by atoms with E-state index in [-0.39, 0.29) is 6.61 Å². The first-order valence-corrected chi connectivity index (χ1v) is 10.4. The Labute approximate surface area is 185 Å². The SMILES string of the molecule is CN(C=O)[C@]12CO[C@@H]([C@H](n3cnc4c(NCc5cccc(I)c5)ncnc43)O1)[C@H]2O. The van der Waals surface area contributed by atoms with Gasteiger partial charge in [-0.3, -0.25) is 9.36 Å². The van der Waals surface area contributed by atoms with Crippen LogP contribution in [0.15, 0.2) is 36.9 Å². The highest BCUT2D eigenvalue weighted by molar-refractivity contribution is 14.1. The van der Waals surface area contributed by atoms with Crippen LogP contribution in [0.1, 0.15) is 11.8 Å². The van der Waals surface area contributed by atoms with Crippen molar-refractivity contribution >= 4 is 46.0 Å². The first-order chi connectivity index (χ1) is 14.5. The van der Waals surface area contributed by atoms with Crippen LogP contribution in [0, 0.1) is 3.57 Å². The molecule has 4 atom stereocenters. The first-order valence-electron chi connectivity index (χ1n) is 9.35. The topological polar surface area (TPSA) is 115 Å². The maximum absolute atomic E-state index is 11.3. The normalized spacial score (nSPS) is 27.5. The Kier molecular flexibility index (Phi) is 4.84.